The van der Waals surface area contributed by atoms with Crippen LogP contribution in [0.2, 0.25) is 0 Å². The molecular weight excluding hydrogens is 232 g/mol. The summed E-state index contributed by atoms with van der Waals surface area (Å²) in [6.07, 6.45) is 3.60. The van der Waals surface area contributed by atoms with Gasteiger partial charge in [0.1, 0.15) is 6.04 Å². The number of hydrogen-bond acceptors (Lipinski definition) is 2. The molecule has 0 radical (unpaired) electrons. The molecule has 0 saturated heterocycles. The van der Waals surface area contributed by atoms with E-state index in [1.807, 2.05) is 6.92 Å². The number of nitrogens with zero attached hydrogens (tertiary/aromatic N) is 1. The van der Waals surface area contributed by atoms with Gasteiger partial charge in [0.25, 0.3) is 0 Å². The van der Waals surface area contributed by atoms with Crippen LogP contribution in [0.15, 0.2) is 0 Å². The van der Waals surface area contributed by atoms with Crippen LogP contribution in [-0.2, 0) is 4.79 Å². The monoisotopic (exact) mass is 256 g/mol. The van der Waals surface area contributed by atoms with Gasteiger partial charge in [-0.3, -0.25) is 0 Å². The second-order valence-corrected chi connectivity index (χ2v) is 5.34. The van der Waals surface area contributed by atoms with Crippen molar-refractivity contribution < 1.29 is 14.7 Å². The third-order valence-electron chi connectivity index (χ3n) is 3.58. The molecule has 0 heterocycles. The third-order valence-corrected chi connectivity index (χ3v) is 3.58. The van der Waals surface area contributed by atoms with E-state index in [4.69, 9.17) is 5.11 Å². The minimum absolute atomic E-state index is 0.117. The summed E-state index contributed by atoms with van der Waals surface area (Å²) in [5.41, 5.74) is 0. The second-order valence-electron chi connectivity index (χ2n) is 5.34. The number of amides is 2. The summed E-state index contributed by atoms with van der Waals surface area (Å²) >= 11 is 0. The summed E-state index contributed by atoms with van der Waals surface area (Å²) in [5, 5.41) is 11.7. The van der Waals surface area contributed by atoms with Crippen LogP contribution in [0.3, 0.4) is 0 Å². The molecular formula is C13H24N2O3. The van der Waals surface area contributed by atoms with Crippen molar-refractivity contribution in [3.8, 4) is 0 Å². The Bertz CT molecular complexity index is 301. The number of nitrogens with one attached hydrogen (secondary N) is 1. The molecule has 0 unspecified atom stereocenters. The van der Waals surface area contributed by atoms with Crippen LogP contribution in [0.4, 0.5) is 4.79 Å². The van der Waals surface area contributed by atoms with E-state index in [0.29, 0.717) is 12.5 Å². The standard InChI is InChI=1S/C13H24N2O3/c1-4-15(8-10-6-5-7-10)13(18)14-11(9(2)3)12(16)17/h9-11H,4-8H2,1-3H3,(H,14,18)(H,16,17)/t11-/m1/s1. The molecule has 5 heteroatoms. The van der Waals surface area contributed by atoms with Crippen LogP contribution in [-0.4, -0.2) is 41.1 Å². The molecule has 18 heavy (non-hydrogen) atoms. The summed E-state index contributed by atoms with van der Waals surface area (Å²) < 4.78 is 0. The van der Waals surface area contributed by atoms with Crippen molar-refractivity contribution in [2.24, 2.45) is 11.8 Å². The summed E-state index contributed by atoms with van der Waals surface area (Å²) in [5.74, 6) is -0.495. The van der Waals surface area contributed by atoms with Crippen molar-refractivity contribution in [1.29, 1.82) is 0 Å². The maximum atomic E-state index is 12.0. The minimum Gasteiger partial charge on any atom is -0.480 e. The van der Waals surface area contributed by atoms with Crippen LogP contribution < -0.4 is 5.32 Å². The first kappa shape index (κ1) is 14.8. The zero-order valence-corrected chi connectivity index (χ0v) is 11.5. The van der Waals surface area contributed by atoms with Gasteiger partial charge in [0.2, 0.25) is 0 Å². The Morgan fingerprint density at radius 2 is 2.00 bits per heavy atom. The molecule has 1 atom stereocenters. The Morgan fingerprint density at radius 1 is 1.39 bits per heavy atom. The van der Waals surface area contributed by atoms with Crippen LogP contribution >= 0.6 is 0 Å². The van der Waals surface area contributed by atoms with Crippen molar-refractivity contribution in [2.45, 2.75) is 46.1 Å². The highest BCUT2D eigenvalue weighted by atomic mass is 16.4. The van der Waals surface area contributed by atoms with Crippen LogP contribution in [0, 0.1) is 11.8 Å². The van der Waals surface area contributed by atoms with Crippen molar-refractivity contribution in [3.05, 3.63) is 0 Å². The van der Waals surface area contributed by atoms with Crippen molar-refractivity contribution >= 4 is 12.0 Å². The average Bonchev–Trinajstić information content (AvgIpc) is 2.23. The fourth-order valence-electron chi connectivity index (χ4n) is 2.08. The molecule has 1 rings (SSSR count). The van der Waals surface area contributed by atoms with Gasteiger partial charge >= 0.3 is 12.0 Å². The first-order valence-corrected chi connectivity index (χ1v) is 6.74. The van der Waals surface area contributed by atoms with Gasteiger partial charge < -0.3 is 15.3 Å². The zero-order valence-electron chi connectivity index (χ0n) is 11.5. The fourth-order valence-corrected chi connectivity index (χ4v) is 2.08. The molecule has 2 amide bonds. The van der Waals surface area contributed by atoms with E-state index in [2.05, 4.69) is 5.32 Å². The number of carboxylic acids is 1. The summed E-state index contributed by atoms with van der Waals surface area (Å²) in [6.45, 7) is 6.87. The lowest BCUT2D eigenvalue weighted by molar-refractivity contribution is -0.140. The largest absolute Gasteiger partial charge is 0.480 e. The van der Waals surface area contributed by atoms with Gasteiger partial charge in [0, 0.05) is 13.1 Å². The van der Waals surface area contributed by atoms with E-state index in [-0.39, 0.29) is 11.9 Å². The number of carbonyl (C=O) groups excluding carboxylic acids is 1. The molecule has 1 aliphatic carbocycles. The second kappa shape index (κ2) is 6.61. The Morgan fingerprint density at radius 3 is 2.33 bits per heavy atom. The topological polar surface area (TPSA) is 69.6 Å². The van der Waals surface area contributed by atoms with E-state index in [1.165, 1.54) is 19.3 Å². The molecule has 0 bridgehead atoms. The van der Waals surface area contributed by atoms with Gasteiger partial charge in [-0.25, -0.2) is 9.59 Å². The van der Waals surface area contributed by atoms with Gasteiger partial charge in [-0.1, -0.05) is 20.3 Å². The number of urea groups is 1. The first-order valence-electron chi connectivity index (χ1n) is 6.74. The van der Waals surface area contributed by atoms with E-state index in [1.54, 1.807) is 18.7 Å². The molecule has 0 aromatic carbocycles. The summed E-state index contributed by atoms with van der Waals surface area (Å²) in [4.78, 5) is 24.8. The summed E-state index contributed by atoms with van der Waals surface area (Å²) in [7, 11) is 0. The molecule has 1 fully saturated rings. The highest BCUT2D eigenvalue weighted by Crippen LogP contribution is 2.27. The maximum absolute atomic E-state index is 12.0. The Hall–Kier alpha value is -1.26. The van der Waals surface area contributed by atoms with Crippen molar-refractivity contribution in [2.75, 3.05) is 13.1 Å². The zero-order chi connectivity index (χ0) is 13.7. The van der Waals surface area contributed by atoms with Crippen molar-refractivity contribution in [3.63, 3.8) is 0 Å². The molecule has 0 spiro atoms. The van der Waals surface area contributed by atoms with Gasteiger partial charge in [-0.2, -0.15) is 0 Å². The molecule has 0 aromatic rings. The molecule has 104 valence electrons. The van der Waals surface area contributed by atoms with E-state index in [0.717, 1.165) is 6.54 Å². The van der Waals surface area contributed by atoms with E-state index >= 15 is 0 Å². The predicted molar refractivity (Wildman–Crippen MR) is 69.4 cm³/mol. The first-order chi connectivity index (χ1) is 8.45. The minimum atomic E-state index is -0.974. The van der Waals surface area contributed by atoms with Gasteiger partial charge in [0.15, 0.2) is 0 Å². The predicted octanol–water partition coefficient (Wildman–Crippen LogP) is 1.93. The summed E-state index contributed by atoms with van der Waals surface area (Å²) in [6, 6.07) is -1.07. The number of carboxylic acid groups (broad SMARTS) is 1. The van der Waals surface area contributed by atoms with Crippen LogP contribution in [0.1, 0.15) is 40.0 Å². The van der Waals surface area contributed by atoms with Crippen LogP contribution in [0.5, 0.6) is 0 Å². The molecule has 0 aliphatic heterocycles. The average molecular weight is 256 g/mol. The molecule has 0 aromatic heterocycles. The lowest BCUT2D eigenvalue weighted by Crippen LogP contribution is -2.51. The van der Waals surface area contributed by atoms with Crippen molar-refractivity contribution in [1.82, 2.24) is 10.2 Å². The molecule has 5 nitrogen and oxygen atoms in total. The van der Waals surface area contributed by atoms with E-state index in [9.17, 15) is 9.59 Å². The lowest BCUT2D eigenvalue weighted by atomic mass is 9.85. The Kier molecular flexibility index (Phi) is 5.44. The highest BCUT2D eigenvalue weighted by Gasteiger charge is 2.27. The number of carbonyl (C=O) groups is 2. The van der Waals surface area contributed by atoms with Gasteiger partial charge in [0.05, 0.1) is 0 Å². The number of rotatable bonds is 6. The number of aliphatic carboxylic acids is 1. The third kappa shape index (κ3) is 3.89. The maximum Gasteiger partial charge on any atom is 0.326 e. The SMILES string of the molecule is CCN(CC1CCC1)C(=O)N[C@@H](C(=O)O)C(C)C. The van der Waals surface area contributed by atoms with Gasteiger partial charge in [-0.15, -0.1) is 0 Å². The molecule has 1 aliphatic rings. The Balaban J connectivity index is 2.51. The molecule has 1 saturated carbocycles. The molecule has 2 N–H and O–H groups in total. The normalized spacial score (nSPS) is 17.1. The number of hydrogen-bond donors (Lipinski definition) is 2. The highest BCUT2D eigenvalue weighted by molar-refractivity contribution is 5.82. The Labute approximate surface area is 109 Å². The van der Waals surface area contributed by atoms with Gasteiger partial charge in [-0.05, 0) is 31.6 Å². The fraction of sp³-hybridized carbons (Fsp3) is 0.846. The quantitative estimate of drug-likeness (QED) is 0.763. The van der Waals surface area contributed by atoms with Crippen LogP contribution in [0.25, 0.3) is 0 Å². The lowest BCUT2D eigenvalue weighted by Gasteiger charge is -2.32. The van der Waals surface area contributed by atoms with E-state index < -0.39 is 12.0 Å². The smallest absolute Gasteiger partial charge is 0.326 e.